The van der Waals surface area contributed by atoms with Crippen LogP contribution in [0.4, 0.5) is 14.5 Å². The second kappa shape index (κ2) is 5.04. The van der Waals surface area contributed by atoms with E-state index >= 15 is 0 Å². The van der Waals surface area contributed by atoms with Gasteiger partial charge in [-0.05, 0) is 49.4 Å². The van der Waals surface area contributed by atoms with Crippen LogP contribution in [0.15, 0.2) is 42.5 Å². The third-order valence-electron chi connectivity index (χ3n) is 2.68. The van der Waals surface area contributed by atoms with Gasteiger partial charge in [0.1, 0.15) is 17.4 Å². The summed E-state index contributed by atoms with van der Waals surface area (Å²) in [4.78, 5) is 0. The van der Waals surface area contributed by atoms with Crippen LogP contribution in [0.5, 0.6) is 5.75 Å². The summed E-state index contributed by atoms with van der Waals surface area (Å²) in [5.41, 5.74) is 1.16. The molecule has 1 unspecified atom stereocenters. The summed E-state index contributed by atoms with van der Waals surface area (Å²) in [5.74, 6) is -0.698. The van der Waals surface area contributed by atoms with Crippen molar-refractivity contribution in [2.24, 2.45) is 0 Å². The first kappa shape index (κ1) is 12.4. The SMILES string of the molecule is CC(Nc1ccc(F)cc1)c1cc(F)ccc1O. The lowest BCUT2D eigenvalue weighted by Crippen LogP contribution is -2.07. The maximum absolute atomic E-state index is 13.1. The lowest BCUT2D eigenvalue weighted by molar-refractivity contribution is 0.462. The van der Waals surface area contributed by atoms with E-state index in [9.17, 15) is 13.9 Å². The van der Waals surface area contributed by atoms with E-state index < -0.39 is 5.82 Å². The standard InChI is InChI=1S/C14H13F2NO/c1-9(13-8-11(16)4-7-14(13)18)17-12-5-2-10(15)3-6-12/h2-9,17-18H,1H3. The summed E-state index contributed by atoms with van der Waals surface area (Å²) < 4.78 is 25.9. The van der Waals surface area contributed by atoms with Crippen LogP contribution < -0.4 is 5.32 Å². The fourth-order valence-corrected chi connectivity index (χ4v) is 1.75. The minimum Gasteiger partial charge on any atom is -0.508 e. The molecular formula is C14H13F2NO. The van der Waals surface area contributed by atoms with E-state index in [0.717, 1.165) is 0 Å². The molecule has 0 spiro atoms. The molecule has 0 bridgehead atoms. The fraction of sp³-hybridized carbons (Fsp3) is 0.143. The zero-order valence-corrected chi connectivity index (χ0v) is 9.82. The number of rotatable bonds is 3. The highest BCUT2D eigenvalue weighted by Crippen LogP contribution is 2.27. The summed E-state index contributed by atoms with van der Waals surface area (Å²) in [7, 11) is 0. The van der Waals surface area contributed by atoms with Crippen molar-refractivity contribution in [3.63, 3.8) is 0 Å². The Labute approximate surface area is 104 Å². The van der Waals surface area contributed by atoms with Crippen LogP contribution >= 0.6 is 0 Å². The van der Waals surface area contributed by atoms with Gasteiger partial charge in [-0.3, -0.25) is 0 Å². The van der Waals surface area contributed by atoms with Gasteiger partial charge in [0, 0.05) is 11.3 Å². The van der Waals surface area contributed by atoms with Gasteiger partial charge in [0.25, 0.3) is 0 Å². The van der Waals surface area contributed by atoms with Crippen molar-refractivity contribution in [1.29, 1.82) is 0 Å². The number of nitrogens with one attached hydrogen (secondary N) is 1. The largest absolute Gasteiger partial charge is 0.508 e. The Morgan fingerprint density at radius 3 is 2.28 bits per heavy atom. The van der Waals surface area contributed by atoms with Crippen LogP contribution in [0.1, 0.15) is 18.5 Å². The zero-order chi connectivity index (χ0) is 13.1. The molecule has 0 amide bonds. The number of hydrogen-bond donors (Lipinski definition) is 2. The van der Waals surface area contributed by atoms with Gasteiger partial charge in [-0.1, -0.05) is 0 Å². The molecule has 0 radical (unpaired) electrons. The summed E-state index contributed by atoms with van der Waals surface area (Å²) in [6, 6.07) is 9.34. The normalized spacial score (nSPS) is 12.2. The molecule has 18 heavy (non-hydrogen) atoms. The van der Waals surface area contributed by atoms with Gasteiger partial charge in [-0.2, -0.15) is 0 Å². The summed E-state index contributed by atoms with van der Waals surface area (Å²) in [6.07, 6.45) is 0. The zero-order valence-electron chi connectivity index (χ0n) is 9.82. The molecule has 0 aliphatic carbocycles. The molecule has 0 aliphatic heterocycles. The molecule has 0 fully saturated rings. The lowest BCUT2D eigenvalue weighted by Gasteiger charge is -2.17. The molecule has 0 saturated heterocycles. The maximum Gasteiger partial charge on any atom is 0.123 e. The molecule has 2 N–H and O–H groups in total. The Bertz CT molecular complexity index is 540. The molecule has 0 heterocycles. The van der Waals surface area contributed by atoms with Crippen LogP contribution in [0.2, 0.25) is 0 Å². The molecule has 0 saturated carbocycles. The Morgan fingerprint density at radius 1 is 1.00 bits per heavy atom. The third kappa shape index (κ3) is 2.77. The molecule has 4 heteroatoms. The molecule has 94 valence electrons. The fourth-order valence-electron chi connectivity index (χ4n) is 1.75. The van der Waals surface area contributed by atoms with Gasteiger partial charge in [0.15, 0.2) is 0 Å². The highest BCUT2D eigenvalue weighted by atomic mass is 19.1. The molecular weight excluding hydrogens is 236 g/mol. The van der Waals surface area contributed by atoms with Crippen LogP contribution in [0, 0.1) is 11.6 Å². The number of hydrogen-bond acceptors (Lipinski definition) is 2. The van der Waals surface area contributed by atoms with Crippen molar-refractivity contribution in [2.45, 2.75) is 13.0 Å². The molecule has 2 nitrogen and oxygen atoms in total. The summed E-state index contributed by atoms with van der Waals surface area (Å²) in [6.45, 7) is 1.79. The van der Waals surface area contributed by atoms with Gasteiger partial charge >= 0.3 is 0 Å². The number of phenolic OH excluding ortho intramolecular Hbond substituents is 1. The van der Waals surface area contributed by atoms with Gasteiger partial charge in [0.2, 0.25) is 0 Å². The Morgan fingerprint density at radius 2 is 1.61 bits per heavy atom. The van der Waals surface area contributed by atoms with Crippen molar-refractivity contribution >= 4 is 5.69 Å². The van der Waals surface area contributed by atoms with Crippen molar-refractivity contribution in [3.05, 3.63) is 59.7 Å². The minimum absolute atomic E-state index is 0.0264. The van der Waals surface area contributed by atoms with Crippen molar-refractivity contribution in [1.82, 2.24) is 0 Å². The number of aromatic hydroxyl groups is 1. The Hall–Kier alpha value is -2.10. The average molecular weight is 249 g/mol. The van der Waals surface area contributed by atoms with Crippen LogP contribution in [-0.2, 0) is 0 Å². The lowest BCUT2D eigenvalue weighted by atomic mass is 10.1. The van der Waals surface area contributed by atoms with Crippen molar-refractivity contribution in [3.8, 4) is 5.75 Å². The summed E-state index contributed by atoms with van der Waals surface area (Å²) >= 11 is 0. The van der Waals surface area contributed by atoms with Crippen LogP contribution in [-0.4, -0.2) is 5.11 Å². The second-order valence-corrected chi connectivity index (χ2v) is 4.08. The third-order valence-corrected chi connectivity index (χ3v) is 2.68. The molecule has 2 rings (SSSR count). The highest BCUT2D eigenvalue weighted by molar-refractivity contribution is 5.47. The predicted octanol–water partition coefficient (Wildman–Crippen LogP) is 3.84. The number of phenols is 1. The monoisotopic (exact) mass is 249 g/mol. The first-order valence-corrected chi connectivity index (χ1v) is 5.57. The Balaban J connectivity index is 2.18. The van der Waals surface area contributed by atoms with E-state index in [0.29, 0.717) is 11.3 Å². The van der Waals surface area contributed by atoms with E-state index in [1.165, 1.54) is 30.3 Å². The quantitative estimate of drug-likeness (QED) is 0.866. The minimum atomic E-state index is -0.407. The van der Waals surface area contributed by atoms with Crippen molar-refractivity contribution in [2.75, 3.05) is 5.32 Å². The smallest absolute Gasteiger partial charge is 0.123 e. The molecule has 2 aromatic rings. The van der Waals surface area contributed by atoms with Crippen LogP contribution in [0.25, 0.3) is 0 Å². The van der Waals surface area contributed by atoms with Gasteiger partial charge in [-0.25, -0.2) is 8.78 Å². The van der Waals surface area contributed by atoms with E-state index in [-0.39, 0.29) is 17.6 Å². The molecule has 0 aliphatic rings. The highest BCUT2D eigenvalue weighted by Gasteiger charge is 2.11. The van der Waals surface area contributed by atoms with Crippen LogP contribution in [0.3, 0.4) is 0 Å². The topological polar surface area (TPSA) is 32.3 Å². The molecule has 2 aromatic carbocycles. The number of benzene rings is 2. The van der Waals surface area contributed by atoms with Gasteiger partial charge in [-0.15, -0.1) is 0 Å². The number of halogens is 2. The van der Waals surface area contributed by atoms with E-state index in [2.05, 4.69) is 5.32 Å². The maximum atomic E-state index is 13.1. The van der Waals surface area contributed by atoms with E-state index in [1.807, 2.05) is 0 Å². The molecule has 0 aromatic heterocycles. The summed E-state index contributed by atoms with van der Waals surface area (Å²) in [5, 5.41) is 12.7. The van der Waals surface area contributed by atoms with E-state index in [1.54, 1.807) is 19.1 Å². The Kier molecular flexibility index (Phi) is 3.46. The van der Waals surface area contributed by atoms with Gasteiger partial charge < -0.3 is 10.4 Å². The second-order valence-electron chi connectivity index (χ2n) is 4.08. The average Bonchev–Trinajstić information content (AvgIpc) is 2.35. The first-order chi connectivity index (χ1) is 8.56. The first-order valence-electron chi connectivity index (χ1n) is 5.57. The molecule has 1 atom stereocenters. The van der Waals surface area contributed by atoms with E-state index in [4.69, 9.17) is 0 Å². The predicted molar refractivity (Wildman–Crippen MR) is 66.5 cm³/mol. The van der Waals surface area contributed by atoms with Crippen molar-refractivity contribution < 1.29 is 13.9 Å². The van der Waals surface area contributed by atoms with Gasteiger partial charge in [0.05, 0.1) is 6.04 Å². The number of anilines is 1.